The van der Waals surface area contributed by atoms with Gasteiger partial charge in [-0.15, -0.1) is 0 Å². The number of nitrogens with two attached hydrogens (primary N) is 1. The summed E-state index contributed by atoms with van der Waals surface area (Å²) < 4.78 is 26.5. The Labute approximate surface area is 103 Å². The van der Waals surface area contributed by atoms with Crippen LogP contribution in [-0.2, 0) is 0 Å². The highest BCUT2D eigenvalue weighted by molar-refractivity contribution is 6.30. The van der Waals surface area contributed by atoms with E-state index < -0.39 is 28.6 Å². The maximum absolute atomic E-state index is 13.4. The molecule has 1 aromatic rings. The minimum atomic E-state index is -0.873. The molecular weight excluding hydrogens is 250 g/mol. The Kier molecular flexibility index (Phi) is 4.06. The Balaban J connectivity index is 3.01. The van der Waals surface area contributed by atoms with Crippen LogP contribution in [-0.4, -0.2) is 18.0 Å². The van der Waals surface area contributed by atoms with Crippen molar-refractivity contribution in [3.63, 3.8) is 0 Å². The molecule has 0 unspecified atom stereocenters. The van der Waals surface area contributed by atoms with Crippen molar-refractivity contribution in [2.45, 2.75) is 19.4 Å². The van der Waals surface area contributed by atoms with Crippen LogP contribution < -0.4 is 11.1 Å². The number of nitrogens with one attached hydrogen (secondary N) is 1. The monoisotopic (exact) mass is 262 g/mol. The molecule has 94 valence electrons. The summed E-state index contributed by atoms with van der Waals surface area (Å²) in [6.45, 7) is 3.53. The second-order valence-corrected chi connectivity index (χ2v) is 4.70. The van der Waals surface area contributed by atoms with Crippen LogP contribution in [0.5, 0.6) is 0 Å². The van der Waals surface area contributed by atoms with Crippen molar-refractivity contribution in [1.82, 2.24) is 5.32 Å². The maximum atomic E-state index is 13.4. The number of hydrogen-bond acceptors (Lipinski definition) is 2. The largest absolute Gasteiger partial charge is 0.346 e. The second-order valence-electron chi connectivity index (χ2n) is 4.29. The minimum Gasteiger partial charge on any atom is -0.346 e. The maximum Gasteiger partial charge on any atom is 0.254 e. The number of hydrogen-bond donors (Lipinski definition) is 2. The van der Waals surface area contributed by atoms with E-state index in [-0.39, 0.29) is 11.6 Å². The fraction of sp³-hybridized carbons (Fsp3) is 0.364. The highest BCUT2D eigenvalue weighted by Gasteiger charge is 2.22. The van der Waals surface area contributed by atoms with Crippen molar-refractivity contribution in [3.05, 3.63) is 34.4 Å². The molecule has 0 saturated carbocycles. The van der Waals surface area contributed by atoms with E-state index >= 15 is 0 Å². The minimum absolute atomic E-state index is 0.177. The van der Waals surface area contributed by atoms with Crippen molar-refractivity contribution in [2.24, 2.45) is 5.73 Å². The fourth-order valence-corrected chi connectivity index (χ4v) is 1.27. The highest BCUT2D eigenvalue weighted by Crippen LogP contribution is 2.19. The number of carbonyl (C=O) groups is 1. The molecule has 17 heavy (non-hydrogen) atoms. The van der Waals surface area contributed by atoms with Gasteiger partial charge in [0.2, 0.25) is 0 Å². The zero-order chi connectivity index (χ0) is 13.2. The van der Waals surface area contributed by atoms with Crippen molar-refractivity contribution >= 4 is 17.5 Å². The molecule has 1 aromatic carbocycles. The van der Waals surface area contributed by atoms with Crippen LogP contribution in [0.15, 0.2) is 12.1 Å². The summed E-state index contributed by atoms with van der Waals surface area (Å²) in [5.41, 5.74) is 4.33. The quantitative estimate of drug-likeness (QED) is 0.820. The molecule has 0 aromatic heterocycles. The zero-order valence-electron chi connectivity index (χ0n) is 9.48. The van der Waals surface area contributed by atoms with Crippen LogP contribution in [0.3, 0.4) is 0 Å². The molecule has 3 N–H and O–H groups in total. The average molecular weight is 263 g/mol. The summed E-state index contributed by atoms with van der Waals surface area (Å²) in [4.78, 5) is 11.7. The zero-order valence-corrected chi connectivity index (χ0v) is 10.2. The van der Waals surface area contributed by atoms with Crippen LogP contribution in [0.4, 0.5) is 8.78 Å². The van der Waals surface area contributed by atoms with Gasteiger partial charge in [0.05, 0.1) is 10.6 Å². The lowest BCUT2D eigenvalue weighted by Gasteiger charge is -2.24. The van der Waals surface area contributed by atoms with E-state index in [1.54, 1.807) is 13.8 Å². The number of benzene rings is 1. The van der Waals surface area contributed by atoms with Crippen LogP contribution >= 0.6 is 11.6 Å². The Hall–Kier alpha value is -1.20. The van der Waals surface area contributed by atoms with Gasteiger partial charge >= 0.3 is 0 Å². The molecule has 1 rings (SSSR count). The molecule has 0 aliphatic carbocycles. The lowest BCUT2D eigenvalue weighted by Crippen LogP contribution is -2.49. The van der Waals surface area contributed by atoms with Gasteiger partial charge in [-0.3, -0.25) is 4.79 Å². The van der Waals surface area contributed by atoms with Gasteiger partial charge in [0.1, 0.15) is 11.6 Å². The normalized spacial score (nSPS) is 11.4. The van der Waals surface area contributed by atoms with E-state index in [4.69, 9.17) is 17.3 Å². The average Bonchev–Trinajstić information content (AvgIpc) is 2.22. The van der Waals surface area contributed by atoms with Crippen LogP contribution in [0.1, 0.15) is 24.2 Å². The second kappa shape index (κ2) is 4.98. The molecule has 3 nitrogen and oxygen atoms in total. The van der Waals surface area contributed by atoms with E-state index in [0.29, 0.717) is 0 Å². The van der Waals surface area contributed by atoms with E-state index in [2.05, 4.69) is 5.32 Å². The third kappa shape index (κ3) is 3.38. The number of rotatable bonds is 3. The van der Waals surface area contributed by atoms with E-state index in [0.717, 1.165) is 12.1 Å². The first kappa shape index (κ1) is 13.9. The van der Waals surface area contributed by atoms with Gasteiger partial charge in [-0.2, -0.15) is 0 Å². The Morgan fingerprint density at radius 3 is 2.53 bits per heavy atom. The first-order valence-corrected chi connectivity index (χ1v) is 5.32. The summed E-state index contributed by atoms with van der Waals surface area (Å²) in [7, 11) is 0. The molecule has 0 spiro atoms. The van der Waals surface area contributed by atoms with Crippen molar-refractivity contribution in [2.75, 3.05) is 6.54 Å². The van der Waals surface area contributed by atoms with Gasteiger partial charge in [0.25, 0.3) is 5.91 Å². The molecule has 0 radical (unpaired) electrons. The van der Waals surface area contributed by atoms with Crippen LogP contribution in [0.25, 0.3) is 0 Å². The SMILES string of the molecule is CC(C)(CN)NC(=O)c1cc(F)c(Cl)cc1F. The summed E-state index contributed by atoms with van der Waals surface area (Å²) in [5.74, 6) is -2.45. The van der Waals surface area contributed by atoms with Crippen molar-refractivity contribution < 1.29 is 13.6 Å². The molecule has 0 heterocycles. The lowest BCUT2D eigenvalue weighted by atomic mass is 10.0. The summed E-state index contributed by atoms with van der Waals surface area (Å²) in [6, 6.07) is 1.53. The molecule has 0 fully saturated rings. The fourth-order valence-electron chi connectivity index (χ4n) is 1.12. The Morgan fingerprint density at radius 1 is 1.41 bits per heavy atom. The number of amides is 1. The first-order valence-electron chi connectivity index (χ1n) is 4.94. The molecule has 0 aliphatic heterocycles. The van der Waals surface area contributed by atoms with Crippen LogP contribution in [0.2, 0.25) is 5.02 Å². The van der Waals surface area contributed by atoms with Crippen molar-refractivity contribution in [1.29, 1.82) is 0 Å². The third-order valence-corrected chi connectivity index (χ3v) is 2.51. The van der Waals surface area contributed by atoms with Gasteiger partial charge in [-0.05, 0) is 26.0 Å². The third-order valence-electron chi connectivity index (χ3n) is 2.22. The predicted molar refractivity (Wildman–Crippen MR) is 62.0 cm³/mol. The molecule has 1 amide bonds. The summed E-state index contributed by atoms with van der Waals surface area (Å²) in [5, 5.41) is 2.13. The molecular formula is C11H13ClF2N2O. The van der Waals surface area contributed by atoms with E-state index in [1.807, 2.05) is 0 Å². The number of halogens is 3. The Morgan fingerprint density at radius 2 is 2.00 bits per heavy atom. The molecule has 0 atom stereocenters. The van der Waals surface area contributed by atoms with Gasteiger partial charge in [0.15, 0.2) is 0 Å². The smallest absolute Gasteiger partial charge is 0.254 e. The summed E-state index contributed by atoms with van der Waals surface area (Å²) >= 11 is 5.38. The molecule has 0 bridgehead atoms. The molecule has 6 heteroatoms. The Bertz CT molecular complexity index is 449. The van der Waals surface area contributed by atoms with Gasteiger partial charge in [-0.1, -0.05) is 11.6 Å². The van der Waals surface area contributed by atoms with Crippen molar-refractivity contribution in [3.8, 4) is 0 Å². The topological polar surface area (TPSA) is 55.1 Å². The van der Waals surface area contributed by atoms with Crippen LogP contribution in [0, 0.1) is 11.6 Å². The van der Waals surface area contributed by atoms with Gasteiger partial charge < -0.3 is 11.1 Å². The predicted octanol–water partition coefficient (Wildman–Crippen LogP) is 2.09. The summed E-state index contributed by atoms with van der Waals surface area (Å²) in [6.07, 6.45) is 0. The van der Waals surface area contributed by atoms with E-state index in [9.17, 15) is 13.6 Å². The number of carbonyl (C=O) groups excluding carboxylic acids is 1. The standard InChI is InChI=1S/C11H13ClF2N2O/c1-11(2,5-15)16-10(17)6-3-9(14)7(12)4-8(6)13/h3-4H,5,15H2,1-2H3,(H,16,17). The van der Waals surface area contributed by atoms with Gasteiger partial charge in [0, 0.05) is 12.1 Å². The van der Waals surface area contributed by atoms with E-state index in [1.165, 1.54) is 0 Å². The molecule has 0 aliphatic rings. The first-order chi connectivity index (χ1) is 7.76. The lowest BCUT2D eigenvalue weighted by molar-refractivity contribution is 0.0911. The molecule has 0 saturated heterocycles. The van der Waals surface area contributed by atoms with Gasteiger partial charge in [-0.25, -0.2) is 8.78 Å². The highest BCUT2D eigenvalue weighted by atomic mass is 35.5.